The van der Waals surface area contributed by atoms with E-state index in [1.54, 1.807) is 12.1 Å². The maximum Gasteiger partial charge on any atom is 0.343 e. The predicted octanol–water partition coefficient (Wildman–Crippen LogP) is 6.74. The van der Waals surface area contributed by atoms with Gasteiger partial charge in [-0.15, -0.1) is 0 Å². The number of hydrogen-bond donors (Lipinski definition) is 2. The number of benzene rings is 4. The highest BCUT2D eigenvalue weighted by molar-refractivity contribution is 5.99. The number of carbonyl (C=O) groups is 1. The van der Waals surface area contributed by atoms with Crippen LogP contribution in [0.15, 0.2) is 97.1 Å². The Labute approximate surface area is 252 Å². The fraction of sp³-hybridized carbons (Fsp3) is 0.250. The van der Waals surface area contributed by atoms with Gasteiger partial charge in [-0.1, -0.05) is 69.3 Å². The van der Waals surface area contributed by atoms with Crippen molar-refractivity contribution in [3.8, 4) is 23.0 Å². The lowest BCUT2D eigenvalue weighted by Gasteiger charge is -2.18. The van der Waals surface area contributed by atoms with E-state index in [9.17, 15) is 9.90 Å². The van der Waals surface area contributed by atoms with Gasteiger partial charge in [0.1, 0.15) is 24.2 Å². The third-order valence-corrected chi connectivity index (χ3v) is 7.09. The van der Waals surface area contributed by atoms with Crippen LogP contribution in [0, 0.1) is 0 Å². The van der Waals surface area contributed by atoms with Gasteiger partial charge in [-0.25, -0.2) is 4.79 Å². The molecule has 0 radical (unpaired) electrons. The van der Waals surface area contributed by atoms with Gasteiger partial charge in [0, 0.05) is 12.6 Å². The van der Waals surface area contributed by atoms with Crippen molar-refractivity contribution < 1.29 is 28.8 Å². The number of rotatable bonds is 12. The molecule has 7 heteroatoms. The summed E-state index contributed by atoms with van der Waals surface area (Å²) in [6.45, 7) is 7.08. The van der Waals surface area contributed by atoms with E-state index in [0.717, 1.165) is 45.8 Å². The van der Waals surface area contributed by atoms with Crippen LogP contribution < -0.4 is 24.3 Å². The zero-order chi connectivity index (χ0) is 30.2. The first-order chi connectivity index (χ1) is 20.9. The first-order valence-corrected chi connectivity index (χ1v) is 14.6. The van der Waals surface area contributed by atoms with E-state index < -0.39 is 12.1 Å². The van der Waals surface area contributed by atoms with Crippen LogP contribution in [-0.4, -0.2) is 43.2 Å². The first-order valence-electron chi connectivity index (χ1n) is 14.6. The van der Waals surface area contributed by atoms with Crippen molar-refractivity contribution in [2.45, 2.75) is 39.3 Å². The zero-order valence-corrected chi connectivity index (χ0v) is 24.7. The van der Waals surface area contributed by atoms with Gasteiger partial charge in [0.05, 0.1) is 5.56 Å². The van der Waals surface area contributed by atoms with E-state index in [1.807, 2.05) is 98.8 Å². The summed E-state index contributed by atoms with van der Waals surface area (Å²) in [5.74, 6) is 2.20. The number of aliphatic hydroxyl groups excluding tert-OH is 1. The molecule has 222 valence electrons. The molecule has 1 aliphatic rings. The van der Waals surface area contributed by atoms with Crippen molar-refractivity contribution in [3.63, 3.8) is 0 Å². The van der Waals surface area contributed by atoms with Crippen molar-refractivity contribution >= 4 is 17.1 Å². The van der Waals surface area contributed by atoms with Gasteiger partial charge in [-0.05, 0) is 82.8 Å². The van der Waals surface area contributed by atoms with E-state index in [0.29, 0.717) is 29.6 Å². The molecule has 1 aliphatic heterocycles. The lowest BCUT2D eigenvalue weighted by Crippen LogP contribution is -2.35. The van der Waals surface area contributed by atoms with Gasteiger partial charge < -0.3 is 29.4 Å². The van der Waals surface area contributed by atoms with Crippen molar-refractivity contribution in [3.05, 3.63) is 119 Å². The molecule has 7 nitrogen and oxygen atoms in total. The summed E-state index contributed by atoms with van der Waals surface area (Å²) in [6, 6.07) is 30.7. The van der Waals surface area contributed by atoms with Gasteiger partial charge in [-0.3, -0.25) is 0 Å². The van der Waals surface area contributed by atoms with Crippen LogP contribution >= 0.6 is 0 Å². The van der Waals surface area contributed by atoms with Crippen LogP contribution in [-0.2, 0) is 0 Å². The largest absolute Gasteiger partial charge is 0.491 e. The number of carbonyl (C=O) groups excluding carboxylic acids is 1. The number of nitrogens with one attached hydrogen (secondary N) is 1. The van der Waals surface area contributed by atoms with Crippen LogP contribution in [0.4, 0.5) is 0 Å². The molecule has 0 aromatic heterocycles. The standard InChI is InChI=1S/C36H37NO6/c1-4-32(28-14-19-33-34(20-28)42-23-41-33)35(25-10-15-30(16-11-25)40-22-29(38)21-37-24(2)3)26-12-17-31(18-13-26)43-36(39)27-8-6-5-7-9-27/h5-20,24,29,37-38H,4,21-23H2,1-3H3. The van der Waals surface area contributed by atoms with Crippen LogP contribution in [0.5, 0.6) is 23.0 Å². The van der Waals surface area contributed by atoms with Gasteiger partial charge in [0.25, 0.3) is 0 Å². The molecular weight excluding hydrogens is 542 g/mol. The second kappa shape index (κ2) is 14.1. The zero-order valence-electron chi connectivity index (χ0n) is 24.7. The quantitative estimate of drug-likeness (QED) is 0.109. The number of hydrogen-bond acceptors (Lipinski definition) is 7. The molecule has 2 N–H and O–H groups in total. The van der Waals surface area contributed by atoms with Crippen LogP contribution in [0.1, 0.15) is 54.2 Å². The van der Waals surface area contributed by atoms with Gasteiger partial charge in [0.2, 0.25) is 6.79 Å². The lowest BCUT2D eigenvalue weighted by molar-refractivity contribution is 0.0734. The van der Waals surface area contributed by atoms with Crippen molar-refractivity contribution in [1.82, 2.24) is 5.32 Å². The summed E-state index contributed by atoms with van der Waals surface area (Å²) in [7, 11) is 0. The molecule has 0 fully saturated rings. The average molecular weight is 580 g/mol. The topological polar surface area (TPSA) is 86.2 Å². The van der Waals surface area contributed by atoms with Gasteiger partial charge in [0.15, 0.2) is 11.5 Å². The molecule has 4 aromatic carbocycles. The minimum absolute atomic E-state index is 0.197. The second-order valence-corrected chi connectivity index (χ2v) is 10.6. The summed E-state index contributed by atoms with van der Waals surface area (Å²) >= 11 is 0. The van der Waals surface area contributed by atoms with Gasteiger partial charge >= 0.3 is 5.97 Å². The Balaban J connectivity index is 1.44. The van der Waals surface area contributed by atoms with Crippen molar-refractivity contribution in [1.29, 1.82) is 0 Å². The average Bonchev–Trinajstić information content (AvgIpc) is 3.51. The number of esters is 1. The highest BCUT2D eigenvalue weighted by Gasteiger charge is 2.19. The maximum absolute atomic E-state index is 12.6. The molecule has 0 saturated carbocycles. The van der Waals surface area contributed by atoms with E-state index >= 15 is 0 Å². The van der Waals surface area contributed by atoms with E-state index in [-0.39, 0.29) is 13.4 Å². The highest BCUT2D eigenvalue weighted by atomic mass is 16.7. The molecule has 1 heterocycles. The first kappa shape index (κ1) is 29.9. The summed E-state index contributed by atoms with van der Waals surface area (Å²) in [5.41, 5.74) is 5.65. The van der Waals surface area contributed by atoms with Crippen LogP contribution in [0.2, 0.25) is 0 Å². The molecule has 0 aliphatic carbocycles. The monoisotopic (exact) mass is 579 g/mol. The third-order valence-electron chi connectivity index (χ3n) is 7.09. The predicted molar refractivity (Wildman–Crippen MR) is 168 cm³/mol. The van der Waals surface area contributed by atoms with Crippen molar-refractivity contribution in [2.75, 3.05) is 19.9 Å². The minimum Gasteiger partial charge on any atom is -0.491 e. The Morgan fingerprint density at radius 3 is 2.09 bits per heavy atom. The number of fused-ring (bicyclic) bond motifs is 1. The summed E-state index contributed by atoms with van der Waals surface area (Å²) < 4.78 is 22.7. The Morgan fingerprint density at radius 1 is 0.814 bits per heavy atom. The molecule has 0 spiro atoms. The Kier molecular flexibility index (Phi) is 9.77. The third kappa shape index (κ3) is 7.63. The molecule has 4 aromatic rings. The molecule has 1 unspecified atom stereocenters. The Hall–Kier alpha value is -4.59. The van der Waals surface area contributed by atoms with Crippen LogP contribution in [0.3, 0.4) is 0 Å². The number of allylic oxidation sites excluding steroid dienone is 1. The fourth-order valence-corrected chi connectivity index (χ4v) is 4.90. The molecule has 0 amide bonds. The van der Waals surface area contributed by atoms with Crippen molar-refractivity contribution in [2.24, 2.45) is 0 Å². The second-order valence-electron chi connectivity index (χ2n) is 10.6. The molecule has 5 rings (SSSR count). The normalized spacial score (nSPS) is 13.4. The molecule has 0 bridgehead atoms. The molecule has 0 saturated heterocycles. The highest BCUT2D eigenvalue weighted by Crippen LogP contribution is 2.40. The smallest absolute Gasteiger partial charge is 0.343 e. The summed E-state index contributed by atoms with van der Waals surface area (Å²) in [4.78, 5) is 12.6. The minimum atomic E-state index is -0.607. The molecule has 1 atom stereocenters. The summed E-state index contributed by atoms with van der Waals surface area (Å²) in [5, 5.41) is 13.5. The Morgan fingerprint density at radius 2 is 1.44 bits per heavy atom. The Bertz CT molecular complexity index is 1550. The fourth-order valence-electron chi connectivity index (χ4n) is 4.90. The van der Waals surface area contributed by atoms with Crippen LogP contribution in [0.25, 0.3) is 11.1 Å². The SMILES string of the molecule is CCC(=C(c1ccc(OCC(O)CNC(C)C)cc1)c1ccc(OC(=O)c2ccccc2)cc1)c1ccc2c(c1)OCO2. The summed E-state index contributed by atoms with van der Waals surface area (Å²) in [6.07, 6.45) is 0.150. The van der Waals surface area contributed by atoms with Gasteiger partial charge in [-0.2, -0.15) is 0 Å². The maximum atomic E-state index is 12.6. The number of ether oxygens (including phenoxy) is 4. The van der Waals surface area contributed by atoms with E-state index in [2.05, 4.69) is 12.2 Å². The molecular formula is C36H37NO6. The number of aliphatic hydroxyl groups is 1. The van der Waals surface area contributed by atoms with E-state index in [1.165, 1.54) is 0 Å². The van der Waals surface area contributed by atoms with E-state index in [4.69, 9.17) is 18.9 Å². The lowest BCUT2D eigenvalue weighted by atomic mass is 9.88. The molecule has 43 heavy (non-hydrogen) atoms.